The van der Waals surface area contributed by atoms with Crippen LogP contribution in [0.25, 0.3) is 11.3 Å². The van der Waals surface area contributed by atoms with Crippen LogP contribution in [-0.2, 0) is 17.6 Å². The van der Waals surface area contributed by atoms with Crippen LogP contribution >= 0.6 is 11.6 Å². The molecule has 28 heavy (non-hydrogen) atoms. The predicted octanol–water partition coefficient (Wildman–Crippen LogP) is 4.96. The summed E-state index contributed by atoms with van der Waals surface area (Å²) in [6.07, 6.45) is 5.70. The number of rotatable bonds is 4. The maximum Gasteiger partial charge on any atom is 0.341 e. The first-order chi connectivity index (χ1) is 13.6. The van der Waals surface area contributed by atoms with Crippen LogP contribution in [0.1, 0.15) is 28.0 Å². The molecule has 0 unspecified atom stereocenters. The van der Waals surface area contributed by atoms with Gasteiger partial charge < -0.3 is 10.1 Å². The number of ether oxygens (including phenoxy) is 1. The van der Waals surface area contributed by atoms with Crippen LogP contribution < -0.4 is 5.32 Å². The second kappa shape index (κ2) is 7.56. The number of aryl methyl sites for hydroxylation is 1. The van der Waals surface area contributed by atoms with E-state index in [2.05, 4.69) is 15.3 Å². The molecular weight excluding hydrogens is 381 g/mol. The van der Waals surface area contributed by atoms with Gasteiger partial charge in [-0.2, -0.15) is 0 Å². The van der Waals surface area contributed by atoms with Gasteiger partial charge in [-0.1, -0.05) is 11.6 Å². The Morgan fingerprint density at radius 1 is 1.21 bits per heavy atom. The van der Waals surface area contributed by atoms with Crippen molar-refractivity contribution in [1.82, 2.24) is 9.97 Å². The number of methoxy groups -OCH3 is 1. The van der Waals surface area contributed by atoms with Crippen LogP contribution in [0.5, 0.6) is 0 Å². The van der Waals surface area contributed by atoms with Crippen molar-refractivity contribution in [2.75, 3.05) is 12.4 Å². The van der Waals surface area contributed by atoms with Gasteiger partial charge in [0.15, 0.2) is 0 Å². The summed E-state index contributed by atoms with van der Waals surface area (Å²) >= 11 is 6.06. The normalized spacial score (nSPS) is 12.5. The van der Waals surface area contributed by atoms with Gasteiger partial charge in [0.2, 0.25) is 0 Å². The molecule has 1 aromatic carbocycles. The number of carbonyl (C=O) groups is 1. The van der Waals surface area contributed by atoms with Gasteiger partial charge in [-0.05, 0) is 55.2 Å². The molecule has 0 fully saturated rings. The largest absolute Gasteiger partial charge is 0.465 e. The van der Waals surface area contributed by atoms with E-state index in [1.165, 1.54) is 25.4 Å². The lowest BCUT2D eigenvalue weighted by Crippen LogP contribution is -2.07. The number of nitrogens with zero attached hydrogens (tertiary/aromatic N) is 2. The highest BCUT2D eigenvalue weighted by Crippen LogP contribution is 2.35. The third kappa shape index (κ3) is 3.43. The molecule has 0 amide bonds. The third-order valence-corrected chi connectivity index (χ3v) is 4.99. The lowest BCUT2D eigenvalue weighted by molar-refractivity contribution is 0.0601. The van der Waals surface area contributed by atoms with Crippen LogP contribution in [-0.4, -0.2) is 23.0 Å². The van der Waals surface area contributed by atoms with E-state index in [1.807, 2.05) is 0 Å². The number of hydrogen-bond donors (Lipinski definition) is 1. The number of benzene rings is 1. The first-order valence-electron chi connectivity index (χ1n) is 8.84. The smallest absolute Gasteiger partial charge is 0.341 e. The van der Waals surface area contributed by atoms with Crippen molar-refractivity contribution >= 4 is 28.9 Å². The zero-order valence-electron chi connectivity index (χ0n) is 15.1. The van der Waals surface area contributed by atoms with Gasteiger partial charge in [0.25, 0.3) is 0 Å². The second-order valence-corrected chi connectivity index (χ2v) is 6.93. The van der Waals surface area contributed by atoms with Crippen LogP contribution in [0.3, 0.4) is 0 Å². The monoisotopic (exact) mass is 397 g/mol. The Morgan fingerprint density at radius 2 is 2.07 bits per heavy atom. The molecule has 1 aliphatic rings. The molecule has 0 saturated heterocycles. The topological polar surface area (TPSA) is 64.1 Å². The fourth-order valence-corrected chi connectivity index (χ4v) is 3.58. The maximum atomic E-state index is 14.4. The van der Waals surface area contributed by atoms with E-state index >= 15 is 0 Å². The zero-order chi connectivity index (χ0) is 19.7. The Kier molecular flexibility index (Phi) is 4.96. The molecule has 7 heteroatoms. The average Bonchev–Trinajstić information content (AvgIpc) is 3.18. The Balaban J connectivity index is 1.82. The van der Waals surface area contributed by atoms with Gasteiger partial charge >= 0.3 is 5.97 Å². The molecule has 0 atom stereocenters. The van der Waals surface area contributed by atoms with E-state index in [-0.39, 0.29) is 5.82 Å². The molecule has 0 saturated carbocycles. The van der Waals surface area contributed by atoms with E-state index in [4.69, 9.17) is 16.3 Å². The minimum absolute atomic E-state index is 0.323. The Bertz CT molecular complexity index is 1070. The van der Waals surface area contributed by atoms with Crippen LogP contribution in [0.4, 0.5) is 15.8 Å². The van der Waals surface area contributed by atoms with Gasteiger partial charge in [0.05, 0.1) is 18.5 Å². The van der Waals surface area contributed by atoms with Gasteiger partial charge in [-0.3, -0.25) is 9.97 Å². The number of esters is 1. The van der Waals surface area contributed by atoms with Gasteiger partial charge in [-0.15, -0.1) is 0 Å². The fourth-order valence-electron chi connectivity index (χ4n) is 3.41. The second-order valence-electron chi connectivity index (χ2n) is 6.50. The van der Waals surface area contributed by atoms with Crippen molar-refractivity contribution in [2.24, 2.45) is 0 Å². The molecule has 2 aromatic heterocycles. The van der Waals surface area contributed by atoms with Crippen molar-refractivity contribution in [3.63, 3.8) is 0 Å². The Hall–Kier alpha value is -2.99. The molecule has 0 aliphatic heterocycles. The standard InChI is InChI=1S/C21H17ClFN3O2/c1-28-21(27)15-11-24-8-7-18(15)26-19-10-20(25-17-4-2-3-13(17)19)14-9-12(22)5-6-16(14)23/h5-11H,2-4H2,1H3,(H,24,25,26). The van der Waals surface area contributed by atoms with Crippen LogP contribution in [0.2, 0.25) is 5.02 Å². The Morgan fingerprint density at radius 3 is 2.89 bits per heavy atom. The van der Waals surface area contributed by atoms with Crippen molar-refractivity contribution in [3.8, 4) is 11.3 Å². The van der Waals surface area contributed by atoms with Crippen LogP contribution in [0, 0.1) is 5.82 Å². The Labute approximate surface area is 166 Å². The van der Waals surface area contributed by atoms with Crippen LogP contribution in [0.15, 0.2) is 42.7 Å². The fraction of sp³-hybridized carbons (Fsp3) is 0.190. The van der Waals surface area contributed by atoms with Crippen molar-refractivity contribution < 1.29 is 13.9 Å². The number of pyridine rings is 2. The first kappa shape index (κ1) is 18.4. The quantitative estimate of drug-likeness (QED) is 0.631. The number of nitrogens with one attached hydrogen (secondary N) is 1. The number of fused-ring (bicyclic) bond motifs is 1. The highest BCUT2D eigenvalue weighted by Gasteiger charge is 2.21. The number of aromatic nitrogens is 2. The average molecular weight is 398 g/mol. The zero-order valence-corrected chi connectivity index (χ0v) is 15.9. The molecule has 5 nitrogen and oxygen atoms in total. The summed E-state index contributed by atoms with van der Waals surface area (Å²) in [4.78, 5) is 20.7. The third-order valence-electron chi connectivity index (χ3n) is 4.75. The summed E-state index contributed by atoms with van der Waals surface area (Å²) in [5.41, 5.74) is 4.51. The van der Waals surface area contributed by atoms with Gasteiger partial charge in [0, 0.05) is 34.4 Å². The van der Waals surface area contributed by atoms with E-state index in [0.29, 0.717) is 27.5 Å². The highest BCUT2D eigenvalue weighted by atomic mass is 35.5. The van der Waals surface area contributed by atoms with Crippen molar-refractivity contribution in [3.05, 3.63) is 70.4 Å². The lowest BCUT2D eigenvalue weighted by Gasteiger charge is -2.15. The number of anilines is 2. The summed E-state index contributed by atoms with van der Waals surface area (Å²) < 4.78 is 19.2. The number of hydrogen-bond acceptors (Lipinski definition) is 5. The number of carbonyl (C=O) groups excluding carboxylic acids is 1. The predicted molar refractivity (Wildman–Crippen MR) is 106 cm³/mol. The van der Waals surface area contributed by atoms with Gasteiger partial charge in [-0.25, -0.2) is 9.18 Å². The van der Waals surface area contributed by atoms with E-state index in [9.17, 15) is 9.18 Å². The minimum atomic E-state index is -0.484. The molecular formula is C21H17ClFN3O2. The minimum Gasteiger partial charge on any atom is -0.465 e. The first-order valence-corrected chi connectivity index (χ1v) is 9.22. The SMILES string of the molecule is COC(=O)c1cnccc1Nc1cc(-c2cc(Cl)ccc2F)nc2c1CCC2. The van der Waals surface area contributed by atoms with Crippen molar-refractivity contribution in [2.45, 2.75) is 19.3 Å². The summed E-state index contributed by atoms with van der Waals surface area (Å²) in [5, 5.41) is 3.74. The molecule has 4 rings (SSSR count). The summed E-state index contributed by atoms with van der Waals surface area (Å²) in [7, 11) is 1.32. The molecule has 2 heterocycles. The molecule has 0 radical (unpaired) electrons. The summed E-state index contributed by atoms with van der Waals surface area (Å²) in [6, 6.07) is 7.90. The number of halogens is 2. The van der Waals surface area contributed by atoms with E-state index in [0.717, 1.165) is 36.2 Å². The molecule has 0 spiro atoms. The van der Waals surface area contributed by atoms with Gasteiger partial charge in [0.1, 0.15) is 11.4 Å². The molecule has 142 valence electrons. The van der Waals surface area contributed by atoms with Crippen molar-refractivity contribution in [1.29, 1.82) is 0 Å². The highest BCUT2D eigenvalue weighted by molar-refractivity contribution is 6.30. The molecule has 1 N–H and O–H groups in total. The lowest BCUT2D eigenvalue weighted by atomic mass is 10.1. The summed E-state index contributed by atoms with van der Waals surface area (Å²) in [6.45, 7) is 0. The van der Waals surface area contributed by atoms with E-state index < -0.39 is 5.97 Å². The molecule has 1 aliphatic carbocycles. The summed E-state index contributed by atoms with van der Waals surface area (Å²) in [5.74, 6) is -0.873. The molecule has 3 aromatic rings. The maximum absolute atomic E-state index is 14.4. The van der Waals surface area contributed by atoms with E-state index in [1.54, 1.807) is 24.4 Å². The molecule has 0 bridgehead atoms.